The molecule has 2 aliphatic carbocycles. The first-order valence-corrected chi connectivity index (χ1v) is 8.86. The van der Waals surface area contributed by atoms with Crippen LogP contribution in [0.25, 0.3) is 0 Å². The highest BCUT2D eigenvalue weighted by molar-refractivity contribution is 5.87. The lowest BCUT2D eigenvalue weighted by Crippen LogP contribution is -2.49. The number of furan rings is 1. The number of aryl methyl sites for hydroxylation is 1. The normalized spacial score (nSPS) is 36.0. The molecule has 0 radical (unpaired) electrons. The smallest absolute Gasteiger partial charge is 0.333 e. The average Bonchev–Trinajstić information content (AvgIpc) is 2.90. The largest absolute Gasteiger partial charge is 0.466 e. The second-order valence-corrected chi connectivity index (χ2v) is 7.87. The Kier molecular flexibility index (Phi) is 4.37. The van der Waals surface area contributed by atoms with E-state index in [1.165, 1.54) is 0 Å². The zero-order valence-electron chi connectivity index (χ0n) is 15.3. The summed E-state index contributed by atoms with van der Waals surface area (Å²) >= 11 is 0. The Labute approximate surface area is 143 Å². The van der Waals surface area contributed by atoms with Gasteiger partial charge in [-0.25, -0.2) is 4.79 Å². The summed E-state index contributed by atoms with van der Waals surface area (Å²) in [6.45, 7) is 10.1. The van der Waals surface area contributed by atoms with Crippen LogP contribution in [0.15, 0.2) is 22.3 Å². The van der Waals surface area contributed by atoms with Crippen LogP contribution >= 0.6 is 0 Å². The predicted octanol–water partition coefficient (Wildman–Crippen LogP) is 4.11. The molecule has 1 aromatic heterocycles. The van der Waals surface area contributed by atoms with Crippen molar-refractivity contribution >= 4 is 5.97 Å². The van der Waals surface area contributed by atoms with Gasteiger partial charge in [0, 0.05) is 11.5 Å². The minimum absolute atomic E-state index is 0.000399. The van der Waals surface area contributed by atoms with E-state index in [1.807, 2.05) is 13.8 Å². The lowest BCUT2D eigenvalue weighted by Gasteiger charge is -2.52. The Morgan fingerprint density at radius 1 is 1.46 bits per heavy atom. The number of aliphatic hydroxyl groups excluding tert-OH is 1. The van der Waals surface area contributed by atoms with Crippen LogP contribution in [0.4, 0.5) is 0 Å². The Hall–Kier alpha value is -1.55. The standard InChI is InChI=1S/C20H28O4/c1-6-11(2)19(22)24-14-7-13(4)20(5)9-15-12(3)10-23-18(15)17(21)16(20)8-14/h6,10,13-14,16-17,21H,7-9H2,1-5H3/b11-6+. The fourth-order valence-corrected chi connectivity index (χ4v) is 4.46. The van der Waals surface area contributed by atoms with E-state index in [9.17, 15) is 9.90 Å². The second kappa shape index (κ2) is 6.07. The van der Waals surface area contributed by atoms with Gasteiger partial charge in [-0.05, 0) is 62.5 Å². The number of fused-ring (bicyclic) bond motifs is 2. The number of carbonyl (C=O) groups is 1. The highest BCUT2D eigenvalue weighted by Gasteiger charge is 2.53. The summed E-state index contributed by atoms with van der Waals surface area (Å²) in [6, 6.07) is 0. The molecule has 0 spiro atoms. The molecule has 1 heterocycles. The highest BCUT2D eigenvalue weighted by Crippen LogP contribution is 2.57. The fourth-order valence-electron chi connectivity index (χ4n) is 4.46. The topological polar surface area (TPSA) is 59.7 Å². The van der Waals surface area contributed by atoms with Crippen LogP contribution in [0.3, 0.4) is 0 Å². The molecule has 4 heteroatoms. The molecule has 2 aliphatic rings. The predicted molar refractivity (Wildman–Crippen MR) is 91.4 cm³/mol. The zero-order chi connectivity index (χ0) is 17.6. The molecule has 0 aliphatic heterocycles. The second-order valence-electron chi connectivity index (χ2n) is 7.87. The molecular formula is C20H28O4. The summed E-state index contributed by atoms with van der Waals surface area (Å²) in [4.78, 5) is 12.1. The number of carbonyl (C=O) groups excluding carboxylic acids is 1. The molecule has 3 rings (SSSR count). The van der Waals surface area contributed by atoms with Crippen LogP contribution in [-0.4, -0.2) is 17.2 Å². The lowest BCUT2D eigenvalue weighted by molar-refractivity contribution is -0.156. The fraction of sp³-hybridized carbons (Fsp3) is 0.650. The summed E-state index contributed by atoms with van der Waals surface area (Å²) < 4.78 is 11.3. The van der Waals surface area contributed by atoms with Crippen molar-refractivity contribution in [1.82, 2.24) is 0 Å². The first-order valence-electron chi connectivity index (χ1n) is 8.86. The Morgan fingerprint density at radius 2 is 2.17 bits per heavy atom. The number of allylic oxidation sites excluding steroid dienone is 1. The van der Waals surface area contributed by atoms with Gasteiger partial charge in [0.2, 0.25) is 0 Å². The monoisotopic (exact) mass is 332 g/mol. The third-order valence-electron chi connectivity index (χ3n) is 6.48. The maximum absolute atomic E-state index is 12.1. The SMILES string of the molecule is C/C=C(\C)C(=O)OC1CC(C)C2(C)Cc3c(C)coc3C(O)C2C1. The molecule has 0 saturated heterocycles. The third kappa shape index (κ3) is 2.61. The van der Waals surface area contributed by atoms with Gasteiger partial charge >= 0.3 is 5.97 Å². The number of ether oxygens (including phenoxy) is 1. The van der Waals surface area contributed by atoms with Crippen molar-refractivity contribution in [3.63, 3.8) is 0 Å². The summed E-state index contributed by atoms with van der Waals surface area (Å²) in [5, 5.41) is 10.9. The van der Waals surface area contributed by atoms with E-state index in [0.29, 0.717) is 23.7 Å². The molecule has 24 heavy (non-hydrogen) atoms. The van der Waals surface area contributed by atoms with E-state index < -0.39 is 6.10 Å². The average molecular weight is 332 g/mol. The molecule has 0 amide bonds. The summed E-state index contributed by atoms with van der Waals surface area (Å²) in [5.74, 6) is 0.858. The summed E-state index contributed by atoms with van der Waals surface area (Å²) in [6.07, 6.45) is 5.19. The molecule has 1 fully saturated rings. The third-order valence-corrected chi connectivity index (χ3v) is 6.48. The van der Waals surface area contributed by atoms with Crippen LogP contribution in [0.1, 0.15) is 63.5 Å². The van der Waals surface area contributed by atoms with Gasteiger partial charge in [-0.1, -0.05) is 19.9 Å². The van der Waals surface area contributed by atoms with Gasteiger partial charge in [0.05, 0.1) is 6.26 Å². The molecule has 5 atom stereocenters. The van der Waals surface area contributed by atoms with Gasteiger partial charge < -0.3 is 14.3 Å². The first kappa shape index (κ1) is 17.3. The Bertz CT molecular complexity index is 671. The van der Waals surface area contributed by atoms with Gasteiger partial charge in [0.25, 0.3) is 0 Å². The van der Waals surface area contributed by atoms with E-state index in [1.54, 1.807) is 19.3 Å². The van der Waals surface area contributed by atoms with Crippen LogP contribution in [0, 0.1) is 24.2 Å². The maximum Gasteiger partial charge on any atom is 0.333 e. The van der Waals surface area contributed by atoms with Gasteiger partial charge in [0.1, 0.15) is 18.0 Å². The molecular weight excluding hydrogens is 304 g/mol. The van der Waals surface area contributed by atoms with Gasteiger partial charge in [-0.2, -0.15) is 0 Å². The minimum atomic E-state index is -0.626. The Balaban J connectivity index is 1.85. The van der Waals surface area contributed by atoms with Crippen LogP contribution in [-0.2, 0) is 16.0 Å². The number of hydrogen-bond acceptors (Lipinski definition) is 4. The van der Waals surface area contributed by atoms with Crippen molar-refractivity contribution in [1.29, 1.82) is 0 Å². The number of aliphatic hydroxyl groups is 1. The van der Waals surface area contributed by atoms with Crippen LogP contribution in [0.2, 0.25) is 0 Å². The quantitative estimate of drug-likeness (QED) is 0.654. The van der Waals surface area contributed by atoms with E-state index in [-0.39, 0.29) is 23.4 Å². The molecule has 0 aromatic carbocycles. The summed E-state index contributed by atoms with van der Waals surface area (Å²) in [7, 11) is 0. The molecule has 4 nitrogen and oxygen atoms in total. The molecule has 132 valence electrons. The van der Waals surface area contributed by atoms with Crippen LogP contribution < -0.4 is 0 Å². The lowest BCUT2D eigenvalue weighted by atomic mass is 9.54. The number of rotatable bonds is 2. The molecule has 0 bridgehead atoms. The van der Waals surface area contributed by atoms with Gasteiger partial charge in [-0.15, -0.1) is 0 Å². The van der Waals surface area contributed by atoms with E-state index in [0.717, 1.165) is 24.0 Å². The van der Waals surface area contributed by atoms with Gasteiger partial charge in [-0.3, -0.25) is 0 Å². The van der Waals surface area contributed by atoms with E-state index in [4.69, 9.17) is 9.15 Å². The van der Waals surface area contributed by atoms with Gasteiger partial charge in [0.15, 0.2) is 0 Å². The first-order chi connectivity index (χ1) is 11.3. The minimum Gasteiger partial charge on any atom is -0.466 e. The Morgan fingerprint density at radius 3 is 2.83 bits per heavy atom. The molecule has 1 N–H and O–H groups in total. The van der Waals surface area contributed by atoms with E-state index >= 15 is 0 Å². The summed E-state index contributed by atoms with van der Waals surface area (Å²) in [5.41, 5.74) is 2.91. The van der Waals surface area contributed by atoms with Crippen molar-refractivity contribution in [2.75, 3.05) is 0 Å². The van der Waals surface area contributed by atoms with Crippen molar-refractivity contribution in [3.8, 4) is 0 Å². The highest BCUT2D eigenvalue weighted by atomic mass is 16.5. The van der Waals surface area contributed by atoms with Crippen molar-refractivity contribution < 1.29 is 19.1 Å². The zero-order valence-corrected chi connectivity index (χ0v) is 15.3. The van der Waals surface area contributed by atoms with Crippen LogP contribution in [0.5, 0.6) is 0 Å². The maximum atomic E-state index is 12.1. The van der Waals surface area contributed by atoms with Crippen molar-refractivity contribution in [3.05, 3.63) is 34.8 Å². The number of hydrogen-bond donors (Lipinski definition) is 1. The number of esters is 1. The molecule has 1 saturated carbocycles. The molecule has 5 unspecified atom stereocenters. The van der Waals surface area contributed by atoms with Crippen molar-refractivity contribution in [2.24, 2.45) is 17.3 Å². The van der Waals surface area contributed by atoms with E-state index in [2.05, 4.69) is 13.8 Å². The molecule has 1 aromatic rings. The van der Waals surface area contributed by atoms with Crippen molar-refractivity contribution in [2.45, 2.75) is 66.1 Å².